The number of aromatic nitrogens is 3. The molecule has 3 aromatic rings. The number of pyridine rings is 1. The van der Waals surface area contributed by atoms with Crippen LogP contribution in [0.4, 0.5) is 0 Å². The van der Waals surface area contributed by atoms with Gasteiger partial charge in [-0.15, -0.1) is 0 Å². The van der Waals surface area contributed by atoms with Crippen LogP contribution in [0.2, 0.25) is 0 Å². The maximum atomic E-state index is 12.6. The summed E-state index contributed by atoms with van der Waals surface area (Å²) in [6.45, 7) is 0. The molecule has 1 saturated carbocycles. The third-order valence-electron chi connectivity index (χ3n) is 5.04. The minimum absolute atomic E-state index is 0.0117. The van der Waals surface area contributed by atoms with Crippen molar-refractivity contribution in [3.8, 4) is 0 Å². The Morgan fingerprint density at radius 1 is 1.23 bits per heavy atom. The van der Waals surface area contributed by atoms with E-state index in [-0.39, 0.29) is 24.5 Å². The fraction of sp³-hybridized carbons (Fsp3) is 0.350. The first-order valence-electron chi connectivity index (χ1n) is 8.97. The largest absolute Gasteiger partial charge is 0.393 e. The highest BCUT2D eigenvalue weighted by molar-refractivity contribution is 5.80. The van der Waals surface area contributed by atoms with Crippen molar-refractivity contribution in [1.29, 1.82) is 0 Å². The van der Waals surface area contributed by atoms with Crippen molar-refractivity contribution in [3.05, 3.63) is 60.2 Å². The summed E-state index contributed by atoms with van der Waals surface area (Å²) in [6.07, 6.45) is 5.72. The number of hydrogen-bond acceptors (Lipinski definition) is 4. The molecule has 1 atom stereocenters. The van der Waals surface area contributed by atoms with Gasteiger partial charge in [0.1, 0.15) is 5.82 Å². The molecule has 0 radical (unpaired) electrons. The third-order valence-corrected chi connectivity index (χ3v) is 5.04. The maximum Gasteiger partial charge on any atom is 0.227 e. The fourth-order valence-electron chi connectivity index (χ4n) is 3.57. The van der Waals surface area contributed by atoms with E-state index < -0.39 is 0 Å². The quantitative estimate of drug-likeness (QED) is 0.634. The number of aliphatic hydroxyl groups is 1. The van der Waals surface area contributed by atoms with Crippen molar-refractivity contribution < 1.29 is 9.90 Å². The molecule has 1 aliphatic carbocycles. The van der Waals surface area contributed by atoms with Crippen molar-refractivity contribution in [2.45, 2.75) is 37.8 Å². The van der Waals surface area contributed by atoms with Crippen LogP contribution >= 0.6 is 0 Å². The second-order valence-electron chi connectivity index (χ2n) is 7.00. The van der Waals surface area contributed by atoms with E-state index in [9.17, 15) is 9.90 Å². The van der Waals surface area contributed by atoms with Crippen molar-refractivity contribution in [1.82, 2.24) is 20.3 Å². The zero-order valence-corrected chi connectivity index (χ0v) is 14.4. The molecule has 3 N–H and O–H groups in total. The van der Waals surface area contributed by atoms with E-state index in [0.717, 1.165) is 35.9 Å². The first-order valence-corrected chi connectivity index (χ1v) is 8.97. The van der Waals surface area contributed by atoms with Crippen LogP contribution in [0.5, 0.6) is 0 Å². The molecule has 4 rings (SSSR count). The smallest absolute Gasteiger partial charge is 0.227 e. The molecule has 1 fully saturated rings. The number of benzene rings is 1. The van der Waals surface area contributed by atoms with Gasteiger partial charge in [0.25, 0.3) is 0 Å². The minimum Gasteiger partial charge on any atom is -0.393 e. The van der Waals surface area contributed by atoms with Gasteiger partial charge in [0.05, 0.1) is 23.6 Å². The van der Waals surface area contributed by atoms with Crippen LogP contribution in [0, 0.1) is 5.92 Å². The Bertz CT molecular complexity index is 854. The van der Waals surface area contributed by atoms with Crippen molar-refractivity contribution in [2.24, 2.45) is 5.92 Å². The number of amides is 1. The van der Waals surface area contributed by atoms with E-state index in [0.29, 0.717) is 11.7 Å². The van der Waals surface area contributed by atoms with Gasteiger partial charge in [0.15, 0.2) is 0 Å². The Morgan fingerprint density at radius 2 is 2.00 bits per heavy atom. The number of para-hydroxylation sites is 2. The lowest BCUT2D eigenvalue weighted by Gasteiger charge is -2.38. The number of aliphatic hydroxyl groups excluding tert-OH is 1. The molecule has 6 nitrogen and oxygen atoms in total. The molecule has 2 aromatic heterocycles. The molecule has 0 saturated heterocycles. The minimum atomic E-state index is -0.243. The molecule has 1 amide bonds. The second kappa shape index (κ2) is 7.25. The van der Waals surface area contributed by atoms with Gasteiger partial charge in [-0.05, 0) is 55.0 Å². The number of fused-ring (bicyclic) bond motifs is 1. The van der Waals surface area contributed by atoms with Crippen LogP contribution in [0.1, 0.15) is 24.2 Å². The van der Waals surface area contributed by atoms with Crippen LogP contribution in [0.25, 0.3) is 11.0 Å². The van der Waals surface area contributed by atoms with Crippen LogP contribution < -0.4 is 5.32 Å². The number of aromatic amines is 1. The van der Waals surface area contributed by atoms with Crippen LogP contribution in [0.15, 0.2) is 48.8 Å². The van der Waals surface area contributed by atoms with E-state index >= 15 is 0 Å². The van der Waals surface area contributed by atoms with Crippen molar-refractivity contribution in [2.75, 3.05) is 0 Å². The summed E-state index contributed by atoms with van der Waals surface area (Å²) in [5.41, 5.74) is 2.94. The number of carbonyl (C=O) groups is 1. The highest BCUT2D eigenvalue weighted by atomic mass is 16.3. The van der Waals surface area contributed by atoms with Crippen molar-refractivity contribution in [3.63, 3.8) is 0 Å². The molecule has 134 valence electrons. The van der Waals surface area contributed by atoms with E-state index in [1.165, 1.54) is 0 Å². The molecule has 0 unspecified atom stereocenters. The summed E-state index contributed by atoms with van der Waals surface area (Å²) >= 11 is 0. The SMILES string of the molecule is O=C(Cc1nc2ccccc2[nH]1)N[C@H](Cc1ccncc1)C1CC(O)C1. The molecule has 1 aliphatic rings. The standard InChI is InChI=1S/C20H22N4O2/c25-15-10-14(11-15)18(9-13-5-7-21-8-6-13)24-20(26)12-19-22-16-3-1-2-4-17(16)23-19/h1-8,14-15,18,25H,9-12H2,(H,22,23)(H,24,26)/t14?,15?,18-/m1/s1. The average molecular weight is 350 g/mol. The number of rotatable bonds is 6. The lowest BCUT2D eigenvalue weighted by Crippen LogP contribution is -2.48. The summed E-state index contributed by atoms with van der Waals surface area (Å²) in [5, 5.41) is 12.8. The number of H-pyrrole nitrogens is 1. The summed E-state index contributed by atoms with van der Waals surface area (Å²) in [6, 6.07) is 11.7. The second-order valence-corrected chi connectivity index (χ2v) is 7.00. The normalized spacial score (nSPS) is 20.5. The van der Waals surface area contributed by atoms with Gasteiger partial charge in [-0.2, -0.15) is 0 Å². The summed E-state index contributed by atoms with van der Waals surface area (Å²) in [4.78, 5) is 24.3. The predicted octanol–water partition coefficient (Wildman–Crippen LogP) is 2.00. The molecule has 0 spiro atoms. The first kappa shape index (κ1) is 16.7. The summed E-state index contributed by atoms with van der Waals surface area (Å²) < 4.78 is 0. The topological polar surface area (TPSA) is 90.9 Å². The zero-order valence-electron chi connectivity index (χ0n) is 14.4. The van der Waals surface area contributed by atoms with Gasteiger partial charge in [0, 0.05) is 18.4 Å². The number of imidazole rings is 1. The van der Waals surface area contributed by atoms with Crippen LogP contribution in [-0.4, -0.2) is 38.1 Å². The fourth-order valence-corrected chi connectivity index (χ4v) is 3.57. The molecule has 26 heavy (non-hydrogen) atoms. The van der Waals surface area contributed by atoms with Crippen LogP contribution in [-0.2, 0) is 17.6 Å². The Hall–Kier alpha value is -2.73. The van der Waals surface area contributed by atoms with Gasteiger partial charge < -0.3 is 15.4 Å². The Kier molecular flexibility index (Phi) is 4.67. The molecular weight excluding hydrogens is 328 g/mol. The number of nitrogens with zero attached hydrogens (tertiary/aromatic N) is 2. The van der Waals surface area contributed by atoms with Gasteiger partial charge in [0.2, 0.25) is 5.91 Å². The summed E-state index contributed by atoms with van der Waals surface area (Å²) in [7, 11) is 0. The van der Waals surface area contributed by atoms with Gasteiger partial charge >= 0.3 is 0 Å². The molecule has 0 bridgehead atoms. The van der Waals surface area contributed by atoms with E-state index in [1.807, 2.05) is 36.4 Å². The summed E-state index contributed by atoms with van der Waals surface area (Å²) in [5.74, 6) is 0.919. The zero-order chi connectivity index (χ0) is 17.9. The highest BCUT2D eigenvalue weighted by Gasteiger charge is 2.34. The molecule has 1 aromatic carbocycles. The Morgan fingerprint density at radius 3 is 2.73 bits per heavy atom. The third kappa shape index (κ3) is 3.75. The molecule has 0 aliphatic heterocycles. The van der Waals surface area contributed by atoms with E-state index in [4.69, 9.17) is 0 Å². The van der Waals surface area contributed by atoms with Gasteiger partial charge in [-0.1, -0.05) is 12.1 Å². The monoisotopic (exact) mass is 350 g/mol. The maximum absolute atomic E-state index is 12.6. The lowest BCUT2D eigenvalue weighted by atomic mass is 9.75. The number of carbonyl (C=O) groups excluding carboxylic acids is 1. The van der Waals surface area contributed by atoms with E-state index in [1.54, 1.807) is 12.4 Å². The number of hydrogen-bond donors (Lipinski definition) is 3. The average Bonchev–Trinajstić information content (AvgIpc) is 3.01. The Labute approximate surface area is 151 Å². The first-order chi connectivity index (χ1) is 12.7. The van der Waals surface area contributed by atoms with E-state index in [2.05, 4.69) is 20.3 Å². The van der Waals surface area contributed by atoms with Crippen LogP contribution in [0.3, 0.4) is 0 Å². The van der Waals surface area contributed by atoms with Gasteiger partial charge in [-0.3, -0.25) is 9.78 Å². The number of nitrogens with one attached hydrogen (secondary N) is 2. The molecule has 2 heterocycles. The molecule has 6 heteroatoms. The van der Waals surface area contributed by atoms with Crippen molar-refractivity contribution >= 4 is 16.9 Å². The van der Waals surface area contributed by atoms with Gasteiger partial charge in [-0.25, -0.2) is 4.98 Å². The Balaban J connectivity index is 1.43. The molecular formula is C20H22N4O2. The predicted molar refractivity (Wildman–Crippen MR) is 98.4 cm³/mol. The lowest BCUT2D eigenvalue weighted by molar-refractivity contribution is -0.122. The highest BCUT2D eigenvalue weighted by Crippen LogP contribution is 2.31.